The van der Waals surface area contributed by atoms with Crippen LogP contribution >= 0.6 is 0 Å². The molecule has 11 heavy (non-hydrogen) atoms. The second-order valence-corrected chi connectivity index (χ2v) is 3.69. The molecule has 0 aromatic carbocycles. The molecular formula is C8H16NO2. The fourth-order valence-corrected chi connectivity index (χ4v) is 0.633. The highest BCUT2D eigenvalue weighted by Gasteiger charge is 2.16. The second kappa shape index (κ2) is 3.72. The van der Waals surface area contributed by atoms with Crippen LogP contribution in [0.1, 0.15) is 34.1 Å². The van der Waals surface area contributed by atoms with Crippen LogP contribution in [0.3, 0.4) is 0 Å². The van der Waals surface area contributed by atoms with Gasteiger partial charge in [0.25, 0.3) is 0 Å². The van der Waals surface area contributed by atoms with Crippen molar-refractivity contribution < 1.29 is 9.53 Å². The smallest absolute Gasteiger partial charge is 0.307 e. The van der Waals surface area contributed by atoms with Gasteiger partial charge in [-0.15, -0.1) is 0 Å². The van der Waals surface area contributed by atoms with Gasteiger partial charge in [0.1, 0.15) is 5.60 Å². The molecule has 1 N–H and O–H groups in total. The molecule has 0 aliphatic carbocycles. The lowest BCUT2D eigenvalue weighted by molar-refractivity contribution is -0.155. The predicted octanol–water partition coefficient (Wildman–Crippen LogP) is 1.39. The minimum absolute atomic E-state index is 0.178. The summed E-state index contributed by atoms with van der Waals surface area (Å²) >= 11 is 0. The van der Waals surface area contributed by atoms with E-state index in [1.165, 1.54) is 0 Å². The maximum absolute atomic E-state index is 10.9. The Hall–Kier alpha value is -0.570. The van der Waals surface area contributed by atoms with Crippen molar-refractivity contribution in [2.45, 2.75) is 45.8 Å². The standard InChI is InChI=1S/C8H16NO2/c1-6(9)5-7(10)11-8(2,3)4/h6,9H,5H2,1-4H3. The van der Waals surface area contributed by atoms with Crippen LogP contribution < -0.4 is 5.73 Å². The van der Waals surface area contributed by atoms with Crippen molar-refractivity contribution in [2.24, 2.45) is 0 Å². The molecule has 1 radical (unpaired) electrons. The normalized spacial score (nSPS) is 14.3. The summed E-state index contributed by atoms with van der Waals surface area (Å²) in [5.41, 5.74) is 6.69. The number of ether oxygens (including phenoxy) is 1. The molecule has 0 fully saturated rings. The number of rotatable bonds is 2. The van der Waals surface area contributed by atoms with Crippen LogP contribution in [-0.2, 0) is 9.53 Å². The fraction of sp³-hybridized carbons (Fsp3) is 0.875. The monoisotopic (exact) mass is 158 g/mol. The molecule has 0 aromatic heterocycles. The summed E-state index contributed by atoms with van der Waals surface area (Å²) < 4.78 is 4.99. The number of hydrogen-bond acceptors (Lipinski definition) is 2. The van der Waals surface area contributed by atoms with Gasteiger partial charge >= 0.3 is 5.97 Å². The topological polar surface area (TPSA) is 50.1 Å². The van der Waals surface area contributed by atoms with Crippen LogP contribution in [0.25, 0.3) is 0 Å². The molecular weight excluding hydrogens is 142 g/mol. The number of hydrogen-bond donors (Lipinski definition) is 0. The summed E-state index contributed by atoms with van der Waals surface area (Å²) in [4.78, 5) is 10.9. The molecule has 3 heteroatoms. The van der Waals surface area contributed by atoms with Crippen LogP contribution in [-0.4, -0.2) is 17.6 Å². The van der Waals surface area contributed by atoms with E-state index in [0.29, 0.717) is 0 Å². The second-order valence-electron chi connectivity index (χ2n) is 3.69. The fourth-order valence-electron chi connectivity index (χ4n) is 0.633. The minimum atomic E-state index is -0.425. The highest BCUT2D eigenvalue weighted by atomic mass is 16.6. The molecule has 0 aromatic rings. The molecule has 0 heterocycles. The van der Waals surface area contributed by atoms with Gasteiger partial charge in [0.15, 0.2) is 0 Å². The third-order valence-electron chi connectivity index (χ3n) is 0.893. The molecule has 0 saturated heterocycles. The molecule has 0 aliphatic heterocycles. The van der Waals surface area contributed by atoms with E-state index in [2.05, 4.69) is 0 Å². The first-order chi connectivity index (χ1) is 4.81. The van der Waals surface area contributed by atoms with E-state index in [4.69, 9.17) is 10.5 Å². The van der Waals surface area contributed by atoms with Gasteiger partial charge < -0.3 is 4.74 Å². The molecule has 3 nitrogen and oxygen atoms in total. The first-order valence-corrected chi connectivity index (χ1v) is 3.74. The summed E-state index contributed by atoms with van der Waals surface area (Å²) in [5.74, 6) is -0.292. The van der Waals surface area contributed by atoms with Crippen LogP contribution in [0.15, 0.2) is 0 Å². The Kier molecular flexibility index (Phi) is 3.52. The Morgan fingerprint density at radius 3 is 2.27 bits per heavy atom. The van der Waals surface area contributed by atoms with E-state index in [1.54, 1.807) is 6.92 Å². The Bertz CT molecular complexity index is 136. The van der Waals surface area contributed by atoms with Gasteiger partial charge in [0.2, 0.25) is 0 Å². The molecule has 1 unspecified atom stereocenters. The molecule has 0 bridgehead atoms. The van der Waals surface area contributed by atoms with Crippen molar-refractivity contribution in [2.75, 3.05) is 0 Å². The lowest BCUT2D eigenvalue weighted by Gasteiger charge is -2.19. The molecule has 0 rings (SSSR count). The summed E-state index contributed by atoms with van der Waals surface area (Å²) in [6.45, 7) is 7.13. The van der Waals surface area contributed by atoms with E-state index in [9.17, 15) is 4.79 Å². The van der Waals surface area contributed by atoms with Gasteiger partial charge in [-0.3, -0.25) is 10.5 Å². The lowest BCUT2D eigenvalue weighted by Crippen LogP contribution is -2.26. The van der Waals surface area contributed by atoms with Crippen molar-refractivity contribution in [3.8, 4) is 0 Å². The molecule has 1 atom stereocenters. The maximum atomic E-state index is 10.9. The van der Waals surface area contributed by atoms with Crippen LogP contribution in [0.4, 0.5) is 0 Å². The molecule has 0 amide bonds. The van der Waals surface area contributed by atoms with Crippen LogP contribution in [0.2, 0.25) is 0 Å². The zero-order valence-corrected chi connectivity index (χ0v) is 7.60. The highest BCUT2D eigenvalue weighted by Crippen LogP contribution is 2.08. The van der Waals surface area contributed by atoms with E-state index in [-0.39, 0.29) is 18.4 Å². The molecule has 0 aliphatic rings. The van der Waals surface area contributed by atoms with Crippen molar-refractivity contribution in [1.82, 2.24) is 5.73 Å². The van der Waals surface area contributed by atoms with Gasteiger partial charge in [-0.05, 0) is 27.7 Å². The highest BCUT2D eigenvalue weighted by molar-refractivity contribution is 5.70. The third-order valence-corrected chi connectivity index (χ3v) is 0.893. The average Bonchev–Trinajstić information content (AvgIpc) is 1.53. The zero-order chi connectivity index (χ0) is 9.07. The van der Waals surface area contributed by atoms with E-state index in [0.717, 1.165) is 0 Å². The Balaban J connectivity index is 3.71. The van der Waals surface area contributed by atoms with Gasteiger partial charge in [-0.1, -0.05) is 0 Å². The first kappa shape index (κ1) is 10.4. The SMILES string of the molecule is CC([NH])CC(=O)OC(C)(C)C. The number of carbonyl (C=O) groups is 1. The molecule has 65 valence electrons. The summed E-state index contributed by atoms with van der Waals surface area (Å²) in [6.07, 6.45) is 0.178. The van der Waals surface area contributed by atoms with Gasteiger partial charge in [0, 0.05) is 6.04 Å². The largest absolute Gasteiger partial charge is 0.460 e. The summed E-state index contributed by atoms with van der Waals surface area (Å²) in [7, 11) is 0. The summed E-state index contributed by atoms with van der Waals surface area (Å²) in [6, 6.07) is -0.371. The Labute approximate surface area is 67.9 Å². The number of carbonyl (C=O) groups excluding carboxylic acids is 1. The Morgan fingerprint density at radius 1 is 1.55 bits per heavy atom. The predicted molar refractivity (Wildman–Crippen MR) is 43.0 cm³/mol. The van der Waals surface area contributed by atoms with E-state index < -0.39 is 5.60 Å². The van der Waals surface area contributed by atoms with Gasteiger partial charge in [-0.2, -0.15) is 0 Å². The quantitative estimate of drug-likeness (QED) is 0.570. The first-order valence-electron chi connectivity index (χ1n) is 3.74. The van der Waals surface area contributed by atoms with Crippen molar-refractivity contribution in [3.05, 3.63) is 0 Å². The lowest BCUT2D eigenvalue weighted by atomic mass is 10.2. The van der Waals surface area contributed by atoms with E-state index in [1.807, 2.05) is 20.8 Å². The van der Waals surface area contributed by atoms with Crippen molar-refractivity contribution in [3.63, 3.8) is 0 Å². The van der Waals surface area contributed by atoms with Crippen LogP contribution in [0, 0.1) is 0 Å². The summed E-state index contributed by atoms with van der Waals surface area (Å²) in [5, 5.41) is 0. The average molecular weight is 158 g/mol. The number of esters is 1. The van der Waals surface area contributed by atoms with Crippen molar-refractivity contribution >= 4 is 5.97 Å². The molecule has 0 saturated carbocycles. The van der Waals surface area contributed by atoms with E-state index >= 15 is 0 Å². The number of nitrogens with one attached hydrogen (secondary N) is 1. The Morgan fingerprint density at radius 2 is 2.00 bits per heavy atom. The third kappa shape index (κ3) is 7.33. The van der Waals surface area contributed by atoms with Crippen LogP contribution in [0.5, 0.6) is 0 Å². The van der Waals surface area contributed by atoms with Gasteiger partial charge in [0.05, 0.1) is 6.42 Å². The van der Waals surface area contributed by atoms with Gasteiger partial charge in [-0.25, -0.2) is 0 Å². The maximum Gasteiger partial charge on any atom is 0.307 e. The zero-order valence-electron chi connectivity index (χ0n) is 7.60. The van der Waals surface area contributed by atoms with Crippen molar-refractivity contribution in [1.29, 1.82) is 0 Å². The molecule has 0 spiro atoms. The minimum Gasteiger partial charge on any atom is -0.460 e.